The van der Waals surface area contributed by atoms with Crippen molar-refractivity contribution in [2.24, 2.45) is 41.4 Å². The highest BCUT2D eigenvalue weighted by Gasteiger charge is 2.35. The van der Waals surface area contributed by atoms with Crippen molar-refractivity contribution < 1.29 is 14.3 Å². The van der Waals surface area contributed by atoms with E-state index in [1.807, 2.05) is 0 Å². The van der Waals surface area contributed by atoms with Gasteiger partial charge in [0, 0.05) is 35.5 Å². The maximum Gasteiger partial charge on any atom is 0.310 e. The first-order chi connectivity index (χ1) is 19.1. The monoisotopic (exact) mass is 530 g/mol. The minimum absolute atomic E-state index is 0.0416. The highest BCUT2D eigenvalue weighted by atomic mass is 16.6. The molecule has 5 heteroatoms. The first-order valence-electron chi connectivity index (χ1n) is 15.7. The van der Waals surface area contributed by atoms with Gasteiger partial charge in [-0.25, -0.2) is 0 Å². The molecule has 0 aromatic heterocycles. The van der Waals surface area contributed by atoms with Crippen molar-refractivity contribution in [3.8, 4) is 35.8 Å². The van der Waals surface area contributed by atoms with E-state index in [9.17, 15) is 10.1 Å². The van der Waals surface area contributed by atoms with E-state index in [0.717, 1.165) is 90.1 Å². The van der Waals surface area contributed by atoms with E-state index in [1.165, 1.54) is 25.7 Å². The average Bonchev–Trinajstić information content (AvgIpc) is 3.81. The number of unbranched alkanes of at least 4 members (excludes halogenated alkanes) is 4. The predicted molar refractivity (Wildman–Crippen MR) is 150 cm³/mol. The first-order valence-corrected chi connectivity index (χ1v) is 15.7. The van der Waals surface area contributed by atoms with Crippen LogP contribution in [0, 0.1) is 87.8 Å². The van der Waals surface area contributed by atoms with Gasteiger partial charge in [-0.05, 0) is 83.5 Å². The molecular formula is C34H46N2O3. The Balaban J connectivity index is 1.27. The average molecular weight is 531 g/mol. The van der Waals surface area contributed by atoms with Crippen molar-refractivity contribution in [2.75, 3.05) is 13.2 Å². The van der Waals surface area contributed by atoms with Crippen LogP contribution in [-0.4, -0.2) is 25.3 Å². The van der Waals surface area contributed by atoms with Gasteiger partial charge in [0.1, 0.15) is 0 Å². The van der Waals surface area contributed by atoms with Gasteiger partial charge in [0.25, 0.3) is 0 Å². The Bertz CT molecular complexity index is 982. The maximum absolute atomic E-state index is 13.3. The van der Waals surface area contributed by atoms with Crippen LogP contribution in [0.15, 0.2) is 0 Å². The van der Waals surface area contributed by atoms with Crippen LogP contribution in [0.1, 0.15) is 109 Å². The van der Waals surface area contributed by atoms with Crippen LogP contribution in [0.5, 0.6) is 0 Å². The molecule has 0 aromatic carbocycles. The molecule has 5 nitrogen and oxygen atoms in total. The second-order valence-electron chi connectivity index (χ2n) is 12.3. The number of ether oxygens (including phenoxy) is 2. The second kappa shape index (κ2) is 16.0. The number of carbonyl (C=O) groups is 1. The summed E-state index contributed by atoms with van der Waals surface area (Å²) in [6, 6.07) is 4.80. The van der Waals surface area contributed by atoms with Crippen molar-refractivity contribution in [1.82, 2.24) is 0 Å². The van der Waals surface area contributed by atoms with E-state index >= 15 is 0 Å². The highest BCUT2D eigenvalue weighted by Crippen LogP contribution is 2.36. The van der Waals surface area contributed by atoms with Gasteiger partial charge in [0.15, 0.2) is 0 Å². The third kappa shape index (κ3) is 10.2. The zero-order valence-electron chi connectivity index (χ0n) is 23.7. The zero-order valence-corrected chi connectivity index (χ0v) is 23.7. The van der Waals surface area contributed by atoms with Gasteiger partial charge in [-0.1, -0.05) is 49.4 Å². The number of nitriles is 2. The fourth-order valence-electron chi connectivity index (χ4n) is 6.45. The van der Waals surface area contributed by atoms with Gasteiger partial charge < -0.3 is 9.47 Å². The van der Waals surface area contributed by atoms with Crippen molar-refractivity contribution in [1.29, 1.82) is 10.5 Å². The molecule has 0 aromatic rings. The van der Waals surface area contributed by atoms with Crippen molar-refractivity contribution in [2.45, 2.75) is 115 Å². The lowest BCUT2D eigenvalue weighted by molar-refractivity contribution is -0.151. The van der Waals surface area contributed by atoms with Crippen LogP contribution >= 0.6 is 0 Å². The topological polar surface area (TPSA) is 86.4 Å². The molecule has 4 atom stereocenters. The lowest BCUT2D eigenvalue weighted by Gasteiger charge is -2.30. The van der Waals surface area contributed by atoms with Gasteiger partial charge >= 0.3 is 5.97 Å². The molecule has 0 bridgehead atoms. The summed E-state index contributed by atoms with van der Waals surface area (Å²) < 4.78 is 11.1. The Labute approximate surface area is 236 Å². The van der Waals surface area contributed by atoms with Crippen LogP contribution in [0.25, 0.3) is 0 Å². The van der Waals surface area contributed by atoms with Gasteiger partial charge in [0.2, 0.25) is 0 Å². The molecular weight excluding hydrogens is 484 g/mol. The van der Waals surface area contributed by atoms with Crippen LogP contribution in [0.2, 0.25) is 0 Å². The summed E-state index contributed by atoms with van der Waals surface area (Å²) in [5.74, 6) is 15.1. The lowest BCUT2D eigenvalue weighted by Crippen LogP contribution is -2.32. The predicted octanol–water partition coefficient (Wildman–Crippen LogP) is 6.97. The normalized spacial score (nSPS) is 33.7. The van der Waals surface area contributed by atoms with Crippen LogP contribution in [0.3, 0.4) is 0 Å². The molecule has 0 radical (unpaired) electrons. The Morgan fingerprint density at radius 1 is 0.667 bits per heavy atom. The summed E-state index contributed by atoms with van der Waals surface area (Å²) in [6.07, 6.45) is 17.8. The molecule has 4 rings (SSSR count). The number of hydrogen-bond donors (Lipinski definition) is 0. The third-order valence-electron chi connectivity index (χ3n) is 9.25. The molecule has 4 unspecified atom stereocenters. The molecule has 1 heterocycles. The Morgan fingerprint density at radius 3 is 1.79 bits per heavy atom. The quantitative estimate of drug-likeness (QED) is 0.139. The Kier molecular flexibility index (Phi) is 12.1. The number of rotatable bonds is 9. The van der Waals surface area contributed by atoms with E-state index < -0.39 is 0 Å². The Morgan fingerprint density at radius 2 is 1.18 bits per heavy atom. The number of carbonyl (C=O) groups excluding carboxylic acids is 1. The van der Waals surface area contributed by atoms with Crippen LogP contribution < -0.4 is 0 Å². The SMILES string of the molecule is N#CC1CCC(C#CC2CCC(C#CC3CCC(C#N)CC3)C(C(=O)OCCCCCCCC3CO3)C2)CC1. The van der Waals surface area contributed by atoms with Crippen LogP contribution in [0.4, 0.5) is 0 Å². The molecule has 210 valence electrons. The maximum atomic E-state index is 13.3. The molecule has 1 aliphatic heterocycles. The largest absolute Gasteiger partial charge is 0.465 e. The number of esters is 1. The van der Waals surface area contributed by atoms with E-state index in [0.29, 0.717) is 24.5 Å². The van der Waals surface area contributed by atoms with Gasteiger partial charge in [-0.2, -0.15) is 10.5 Å². The molecule has 4 aliphatic rings. The molecule has 3 saturated carbocycles. The van der Waals surface area contributed by atoms with Gasteiger partial charge in [0.05, 0.1) is 37.4 Å². The lowest BCUT2D eigenvalue weighted by atomic mass is 9.73. The fraction of sp³-hybridized carbons (Fsp3) is 0.794. The molecule has 0 amide bonds. The van der Waals surface area contributed by atoms with E-state index in [2.05, 4.69) is 35.8 Å². The van der Waals surface area contributed by atoms with Crippen LogP contribution in [-0.2, 0) is 14.3 Å². The van der Waals surface area contributed by atoms with Crippen molar-refractivity contribution >= 4 is 5.97 Å². The number of nitrogens with zero attached hydrogens (tertiary/aromatic N) is 2. The van der Waals surface area contributed by atoms with Gasteiger partial charge in [-0.15, -0.1) is 0 Å². The first kappa shape index (κ1) is 29.5. The van der Waals surface area contributed by atoms with Crippen molar-refractivity contribution in [3.63, 3.8) is 0 Å². The summed E-state index contributed by atoms with van der Waals surface area (Å²) in [5.41, 5.74) is 0. The minimum atomic E-state index is -0.200. The number of hydrogen-bond acceptors (Lipinski definition) is 5. The minimum Gasteiger partial charge on any atom is -0.465 e. The highest BCUT2D eigenvalue weighted by molar-refractivity contribution is 5.73. The van der Waals surface area contributed by atoms with Crippen molar-refractivity contribution in [3.05, 3.63) is 0 Å². The van der Waals surface area contributed by atoms with E-state index in [1.54, 1.807) is 0 Å². The standard InChI is InChI=1S/C34H46N2O3/c35-23-29-13-8-26(9-14-29)7-12-28-18-20-31(19-17-27-10-15-30(24-36)16-11-27)33(22-28)34(37)38-21-5-3-1-2-4-6-32-25-39-32/h26-33H,1-6,8-11,13-16,18,20-22,25H2. The summed E-state index contributed by atoms with van der Waals surface area (Å²) in [6.45, 7) is 1.44. The molecule has 3 aliphatic carbocycles. The smallest absolute Gasteiger partial charge is 0.310 e. The summed E-state index contributed by atoms with van der Waals surface area (Å²) in [7, 11) is 0. The van der Waals surface area contributed by atoms with E-state index in [4.69, 9.17) is 14.7 Å². The second-order valence-corrected chi connectivity index (χ2v) is 12.3. The van der Waals surface area contributed by atoms with E-state index in [-0.39, 0.29) is 35.6 Å². The van der Waals surface area contributed by atoms with Gasteiger partial charge in [-0.3, -0.25) is 4.79 Å². The molecule has 1 saturated heterocycles. The number of epoxide rings is 1. The summed E-state index contributed by atoms with van der Waals surface area (Å²) in [5, 5.41) is 18.3. The molecule has 0 spiro atoms. The zero-order chi connectivity index (χ0) is 27.3. The summed E-state index contributed by atoms with van der Waals surface area (Å²) >= 11 is 0. The fourth-order valence-corrected chi connectivity index (χ4v) is 6.45. The third-order valence-corrected chi connectivity index (χ3v) is 9.25. The Hall–Kier alpha value is -2.47. The molecule has 0 N–H and O–H groups in total. The molecule has 39 heavy (non-hydrogen) atoms. The summed E-state index contributed by atoms with van der Waals surface area (Å²) in [4.78, 5) is 13.3. The molecule has 4 fully saturated rings.